The molecule has 1 aliphatic rings. The lowest BCUT2D eigenvalue weighted by Gasteiger charge is -2.25. The molecule has 2 aromatic rings. The van der Waals surface area contributed by atoms with Gasteiger partial charge in [-0.25, -0.2) is 4.79 Å². The third-order valence-corrected chi connectivity index (χ3v) is 5.67. The van der Waals surface area contributed by atoms with Crippen LogP contribution in [-0.2, 0) is 0 Å². The quantitative estimate of drug-likeness (QED) is 0.785. The van der Waals surface area contributed by atoms with E-state index in [1.807, 2.05) is 18.2 Å². The molecule has 1 saturated heterocycles. The maximum Gasteiger partial charge on any atom is 0.323 e. The van der Waals surface area contributed by atoms with Gasteiger partial charge in [0, 0.05) is 42.3 Å². The van der Waals surface area contributed by atoms with Gasteiger partial charge < -0.3 is 29.2 Å². The first kappa shape index (κ1) is 20.0. The number of urea groups is 1. The lowest BCUT2D eigenvalue weighted by molar-refractivity contribution is 0.214. The number of amides is 2. The summed E-state index contributed by atoms with van der Waals surface area (Å²) >= 11 is 1.70. The van der Waals surface area contributed by atoms with Crippen LogP contribution in [0.2, 0.25) is 0 Å². The maximum absolute atomic E-state index is 13.0. The summed E-state index contributed by atoms with van der Waals surface area (Å²) in [5.41, 5.74) is 1.57. The Kier molecular flexibility index (Phi) is 6.41. The van der Waals surface area contributed by atoms with Gasteiger partial charge in [0.1, 0.15) is 28.4 Å². The summed E-state index contributed by atoms with van der Waals surface area (Å²) in [4.78, 5) is 14.8. The molecule has 2 aromatic carbocycles. The van der Waals surface area contributed by atoms with E-state index in [2.05, 4.69) is 5.32 Å². The molecule has 8 heteroatoms. The molecule has 0 radical (unpaired) electrons. The third-order valence-electron chi connectivity index (χ3n) is 4.41. The highest BCUT2D eigenvalue weighted by molar-refractivity contribution is 7.99. The second-order valence-corrected chi connectivity index (χ2v) is 7.28. The van der Waals surface area contributed by atoms with Gasteiger partial charge in [-0.2, -0.15) is 0 Å². The van der Waals surface area contributed by atoms with Crippen molar-refractivity contribution in [2.24, 2.45) is 0 Å². The summed E-state index contributed by atoms with van der Waals surface area (Å²) in [5, 5.41) is 2.81. The normalized spacial score (nSPS) is 15.9. The van der Waals surface area contributed by atoms with E-state index in [9.17, 15) is 4.79 Å². The smallest absolute Gasteiger partial charge is 0.323 e. The molecule has 1 aliphatic heterocycles. The number of anilines is 1. The molecule has 1 fully saturated rings. The van der Waals surface area contributed by atoms with Gasteiger partial charge in [0.25, 0.3) is 0 Å². The van der Waals surface area contributed by atoms with Crippen LogP contribution < -0.4 is 24.3 Å². The van der Waals surface area contributed by atoms with Crippen molar-refractivity contribution in [3.05, 3.63) is 42.0 Å². The van der Waals surface area contributed by atoms with Crippen molar-refractivity contribution in [1.82, 2.24) is 4.90 Å². The molecule has 0 bridgehead atoms. The minimum Gasteiger partial charge on any atom is -0.497 e. The molecule has 0 spiro atoms. The number of benzene rings is 2. The molecule has 150 valence electrons. The fourth-order valence-electron chi connectivity index (χ4n) is 3.00. The van der Waals surface area contributed by atoms with Gasteiger partial charge in [-0.15, -0.1) is 11.8 Å². The predicted molar refractivity (Wildman–Crippen MR) is 110 cm³/mol. The summed E-state index contributed by atoms with van der Waals surface area (Å²) in [7, 11) is 6.37. The zero-order valence-electron chi connectivity index (χ0n) is 16.4. The summed E-state index contributed by atoms with van der Waals surface area (Å²) < 4.78 is 21.3. The lowest BCUT2D eigenvalue weighted by Crippen LogP contribution is -2.34. The van der Waals surface area contributed by atoms with Gasteiger partial charge in [-0.05, 0) is 17.7 Å². The van der Waals surface area contributed by atoms with Crippen LogP contribution in [0.15, 0.2) is 36.4 Å². The minimum atomic E-state index is -0.188. The average Bonchev–Trinajstić information content (AvgIpc) is 3.23. The highest BCUT2D eigenvalue weighted by Crippen LogP contribution is 2.41. The Morgan fingerprint density at radius 2 is 1.39 bits per heavy atom. The van der Waals surface area contributed by atoms with E-state index in [-0.39, 0.29) is 11.4 Å². The molecule has 0 saturated carbocycles. The third kappa shape index (κ3) is 4.39. The molecule has 0 aromatic heterocycles. The van der Waals surface area contributed by atoms with Crippen LogP contribution in [0.4, 0.5) is 10.5 Å². The Morgan fingerprint density at radius 1 is 0.893 bits per heavy atom. The van der Waals surface area contributed by atoms with E-state index in [1.54, 1.807) is 63.3 Å². The molecule has 1 heterocycles. The van der Waals surface area contributed by atoms with Crippen molar-refractivity contribution in [3.8, 4) is 23.0 Å². The van der Waals surface area contributed by atoms with E-state index < -0.39 is 0 Å². The fourth-order valence-corrected chi connectivity index (χ4v) is 4.24. The van der Waals surface area contributed by atoms with Crippen LogP contribution in [0.25, 0.3) is 0 Å². The van der Waals surface area contributed by atoms with Crippen molar-refractivity contribution in [1.29, 1.82) is 0 Å². The van der Waals surface area contributed by atoms with Crippen molar-refractivity contribution < 1.29 is 23.7 Å². The Labute approximate surface area is 168 Å². The molecule has 1 N–H and O–H groups in total. The first-order valence-corrected chi connectivity index (χ1v) is 9.78. The number of rotatable bonds is 6. The van der Waals surface area contributed by atoms with Crippen molar-refractivity contribution >= 4 is 23.5 Å². The molecule has 0 aliphatic carbocycles. The molecular weight excluding hydrogens is 380 g/mol. The van der Waals surface area contributed by atoms with Crippen LogP contribution in [0, 0.1) is 0 Å². The van der Waals surface area contributed by atoms with Crippen LogP contribution in [0.5, 0.6) is 23.0 Å². The van der Waals surface area contributed by atoms with Gasteiger partial charge in [-0.1, -0.05) is 0 Å². The Balaban J connectivity index is 1.82. The second-order valence-electron chi connectivity index (χ2n) is 6.09. The number of carbonyl (C=O) groups is 1. The van der Waals surface area contributed by atoms with E-state index in [4.69, 9.17) is 18.9 Å². The number of thioether (sulfide) groups is 1. The van der Waals surface area contributed by atoms with Crippen molar-refractivity contribution in [3.63, 3.8) is 0 Å². The van der Waals surface area contributed by atoms with Crippen LogP contribution in [0.3, 0.4) is 0 Å². The molecule has 3 rings (SSSR count). The molecule has 0 unspecified atom stereocenters. The van der Waals surface area contributed by atoms with Crippen molar-refractivity contribution in [2.75, 3.05) is 46.1 Å². The van der Waals surface area contributed by atoms with E-state index in [0.717, 1.165) is 11.3 Å². The molecule has 7 nitrogen and oxygen atoms in total. The largest absolute Gasteiger partial charge is 0.497 e. The molecule has 28 heavy (non-hydrogen) atoms. The van der Waals surface area contributed by atoms with Crippen LogP contribution in [-0.4, -0.2) is 51.7 Å². The number of nitrogens with zero attached hydrogens (tertiary/aromatic N) is 1. The fraction of sp³-hybridized carbons (Fsp3) is 0.350. The van der Waals surface area contributed by atoms with E-state index in [0.29, 0.717) is 35.2 Å². The van der Waals surface area contributed by atoms with Crippen molar-refractivity contribution in [2.45, 2.75) is 5.37 Å². The predicted octanol–water partition coefficient (Wildman–Crippen LogP) is 4.00. The lowest BCUT2D eigenvalue weighted by atomic mass is 10.2. The number of hydrogen-bond acceptors (Lipinski definition) is 6. The molecule has 1 atom stereocenters. The highest BCUT2D eigenvalue weighted by Gasteiger charge is 2.31. The zero-order valence-corrected chi connectivity index (χ0v) is 17.2. The van der Waals surface area contributed by atoms with Gasteiger partial charge in [0.2, 0.25) is 0 Å². The standard InChI is InChI=1S/C20H24N2O5S/c1-24-15-7-13(8-16(11-15)25-2)19-22(5-6-28-19)20(23)21-14-9-17(26-3)12-18(10-14)27-4/h7-12,19H,5-6H2,1-4H3,(H,21,23)/t19-/m0/s1. The molecular formula is C20H24N2O5S. The first-order valence-electron chi connectivity index (χ1n) is 8.73. The van der Waals surface area contributed by atoms with Crippen LogP contribution in [0.1, 0.15) is 10.9 Å². The monoisotopic (exact) mass is 404 g/mol. The minimum absolute atomic E-state index is 0.128. The van der Waals surface area contributed by atoms with Gasteiger partial charge in [0.15, 0.2) is 0 Å². The van der Waals surface area contributed by atoms with Gasteiger partial charge >= 0.3 is 6.03 Å². The SMILES string of the molecule is COc1cc(NC(=O)N2CCS[C@H]2c2cc(OC)cc(OC)c2)cc(OC)c1. The number of hydrogen-bond donors (Lipinski definition) is 1. The summed E-state index contributed by atoms with van der Waals surface area (Å²) in [5.74, 6) is 3.46. The zero-order chi connectivity index (χ0) is 20.1. The number of nitrogens with one attached hydrogen (secondary N) is 1. The highest BCUT2D eigenvalue weighted by atomic mass is 32.2. The van der Waals surface area contributed by atoms with E-state index in [1.165, 1.54) is 0 Å². The first-order chi connectivity index (χ1) is 13.6. The Morgan fingerprint density at radius 3 is 1.89 bits per heavy atom. The maximum atomic E-state index is 13.0. The summed E-state index contributed by atoms with van der Waals surface area (Å²) in [6.07, 6.45) is 0. The Hall–Kier alpha value is -2.74. The Bertz CT molecular complexity index is 801. The second kappa shape index (κ2) is 8.97. The van der Waals surface area contributed by atoms with Crippen LogP contribution >= 0.6 is 11.8 Å². The number of methoxy groups -OCH3 is 4. The van der Waals surface area contributed by atoms with E-state index >= 15 is 0 Å². The van der Waals surface area contributed by atoms with Gasteiger partial charge in [-0.3, -0.25) is 0 Å². The average molecular weight is 404 g/mol. The number of carbonyl (C=O) groups excluding carboxylic acids is 1. The number of ether oxygens (including phenoxy) is 4. The summed E-state index contributed by atoms with van der Waals surface area (Å²) in [6.45, 7) is 0.641. The van der Waals surface area contributed by atoms with Gasteiger partial charge in [0.05, 0.1) is 28.4 Å². The summed E-state index contributed by atoms with van der Waals surface area (Å²) in [6, 6.07) is 10.8. The molecule has 2 amide bonds. The topological polar surface area (TPSA) is 69.3 Å².